The van der Waals surface area contributed by atoms with Crippen LogP contribution in [0.5, 0.6) is 0 Å². The number of likely N-dealkylation sites (N-methyl/N-ethyl adjacent to an activating group) is 1. The third-order valence-electron chi connectivity index (χ3n) is 4.46. The maximum Gasteiger partial charge on any atom is 0.269 e. The van der Waals surface area contributed by atoms with Crippen LogP contribution in [0.4, 0.5) is 0 Å². The molecule has 0 heterocycles. The maximum atomic E-state index is 12.8. The largest absolute Gasteiger partial charge is 0.289 e. The number of rotatable bonds is 7. The Morgan fingerprint density at radius 1 is 0.885 bits per heavy atom. The molecule has 2 rings (SSSR count). The topological polar surface area (TPSA) is 61.4 Å². The molecule has 0 radical (unpaired) electrons. The second kappa shape index (κ2) is 9.73. The molecule has 5 nitrogen and oxygen atoms in total. The minimum atomic E-state index is -0.450. The quantitative estimate of drug-likeness (QED) is 0.752. The van der Waals surface area contributed by atoms with E-state index in [2.05, 4.69) is 17.8 Å². The standard InChI is InChI=1S/C21H27N3O2/c1-4-16-12-14-18(15-13-16)20(25)22-23-21(26)19(24(5-2)6-3)17-10-8-7-9-11-17/h7-15,19H,4-6H2,1-3H3,(H,22,25)(H,23,26). The highest BCUT2D eigenvalue weighted by molar-refractivity contribution is 5.96. The van der Waals surface area contributed by atoms with Gasteiger partial charge in [-0.1, -0.05) is 63.2 Å². The van der Waals surface area contributed by atoms with Crippen molar-refractivity contribution in [2.24, 2.45) is 0 Å². The van der Waals surface area contributed by atoms with E-state index in [-0.39, 0.29) is 11.8 Å². The molecule has 2 aromatic rings. The van der Waals surface area contributed by atoms with Crippen LogP contribution in [-0.4, -0.2) is 29.8 Å². The fraction of sp³-hybridized carbons (Fsp3) is 0.333. The van der Waals surface area contributed by atoms with Crippen molar-refractivity contribution in [2.75, 3.05) is 13.1 Å². The number of amides is 2. The number of hydrogen-bond acceptors (Lipinski definition) is 3. The number of nitrogens with zero attached hydrogens (tertiary/aromatic N) is 1. The van der Waals surface area contributed by atoms with Crippen molar-refractivity contribution < 1.29 is 9.59 Å². The molecule has 0 fully saturated rings. The Balaban J connectivity index is 2.07. The molecular formula is C21H27N3O2. The summed E-state index contributed by atoms with van der Waals surface area (Å²) in [7, 11) is 0. The van der Waals surface area contributed by atoms with Gasteiger partial charge in [-0.3, -0.25) is 25.3 Å². The smallest absolute Gasteiger partial charge is 0.269 e. The molecule has 2 amide bonds. The number of hydrogen-bond donors (Lipinski definition) is 2. The molecule has 1 unspecified atom stereocenters. The first-order chi connectivity index (χ1) is 12.6. The molecule has 138 valence electrons. The lowest BCUT2D eigenvalue weighted by molar-refractivity contribution is -0.127. The van der Waals surface area contributed by atoms with E-state index in [1.165, 1.54) is 0 Å². The zero-order valence-electron chi connectivity index (χ0n) is 15.7. The lowest BCUT2D eigenvalue weighted by Crippen LogP contribution is -2.48. The summed E-state index contributed by atoms with van der Waals surface area (Å²) in [5.41, 5.74) is 7.68. The minimum absolute atomic E-state index is 0.251. The molecular weight excluding hydrogens is 326 g/mol. The summed E-state index contributed by atoms with van der Waals surface area (Å²) in [6, 6.07) is 16.5. The van der Waals surface area contributed by atoms with Crippen molar-refractivity contribution in [2.45, 2.75) is 33.2 Å². The average molecular weight is 353 g/mol. The molecule has 0 bridgehead atoms. The van der Waals surface area contributed by atoms with Gasteiger partial charge < -0.3 is 0 Å². The van der Waals surface area contributed by atoms with Crippen molar-refractivity contribution in [1.82, 2.24) is 15.8 Å². The Hall–Kier alpha value is -2.66. The highest BCUT2D eigenvalue weighted by Gasteiger charge is 2.26. The van der Waals surface area contributed by atoms with E-state index >= 15 is 0 Å². The van der Waals surface area contributed by atoms with Gasteiger partial charge in [-0.15, -0.1) is 0 Å². The Morgan fingerprint density at radius 3 is 2.04 bits per heavy atom. The molecule has 1 atom stereocenters. The molecule has 0 aliphatic carbocycles. The van der Waals surface area contributed by atoms with Crippen LogP contribution in [0.15, 0.2) is 54.6 Å². The molecule has 0 spiro atoms. The SMILES string of the molecule is CCc1ccc(C(=O)NNC(=O)C(c2ccccc2)N(CC)CC)cc1. The lowest BCUT2D eigenvalue weighted by Gasteiger charge is -2.29. The molecule has 2 aromatic carbocycles. The van der Waals surface area contributed by atoms with Gasteiger partial charge in [-0.05, 0) is 42.8 Å². The van der Waals surface area contributed by atoms with Crippen molar-refractivity contribution in [3.05, 3.63) is 71.3 Å². The summed E-state index contributed by atoms with van der Waals surface area (Å²) < 4.78 is 0. The van der Waals surface area contributed by atoms with E-state index in [4.69, 9.17) is 0 Å². The fourth-order valence-corrected chi connectivity index (χ4v) is 2.90. The third kappa shape index (κ3) is 4.92. The first kappa shape index (κ1) is 19.7. The minimum Gasteiger partial charge on any atom is -0.289 e. The molecule has 0 aliphatic rings. The highest BCUT2D eigenvalue weighted by atomic mass is 16.2. The third-order valence-corrected chi connectivity index (χ3v) is 4.46. The number of carbonyl (C=O) groups is 2. The van der Waals surface area contributed by atoms with Gasteiger partial charge in [0.15, 0.2) is 0 Å². The molecule has 0 aromatic heterocycles. The number of aryl methyl sites for hydroxylation is 1. The Kier molecular flexibility index (Phi) is 7.36. The Labute approximate surface area is 155 Å². The first-order valence-corrected chi connectivity index (χ1v) is 9.08. The van der Waals surface area contributed by atoms with E-state index in [0.29, 0.717) is 5.56 Å². The van der Waals surface area contributed by atoms with Gasteiger partial charge in [-0.2, -0.15) is 0 Å². The van der Waals surface area contributed by atoms with Gasteiger partial charge in [0.1, 0.15) is 6.04 Å². The van der Waals surface area contributed by atoms with Crippen molar-refractivity contribution in [1.29, 1.82) is 0 Å². The monoisotopic (exact) mass is 353 g/mol. The second-order valence-electron chi connectivity index (χ2n) is 6.03. The number of carbonyl (C=O) groups excluding carboxylic acids is 2. The van der Waals surface area contributed by atoms with E-state index in [9.17, 15) is 9.59 Å². The number of nitrogens with one attached hydrogen (secondary N) is 2. The summed E-state index contributed by atoms with van der Waals surface area (Å²) in [5, 5.41) is 0. The van der Waals surface area contributed by atoms with Crippen molar-refractivity contribution in [3.8, 4) is 0 Å². The van der Waals surface area contributed by atoms with Gasteiger partial charge >= 0.3 is 0 Å². The van der Waals surface area contributed by atoms with Crippen LogP contribution in [0.3, 0.4) is 0 Å². The zero-order valence-corrected chi connectivity index (χ0v) is 15.7. The van der Waals surface area contributed by atoms with E-state index in [1.807, 2.05) is 61.2 Å². The summed E-state index contributed by atoms with van der Waals surface area (Å²) in [6.07, 6.45) is 0.918. The maximum absolute atomic E-state index is 12.8. The van der Waals surface area contributed by atoms with Gasteiger partial charge in [0.2, 0.25) is 0 Å². The summed E-state index contributed by atoms with van der Waals surface area (Å²) >= 11 is 0. The van der Waals surface area contributed by atoms with Gasteiger partial charge in [-0.25, -0.2) is 0 Å². The molecule has 26 heavy (non-hydrogen) atoms. The average Bonchev–Trinajstić information content (AvgIpc) is 2.70. The molecule has 2 N–H and O–H groups in total. The van der Waals surface area contributed by atoms with E-state index in [0.717, 1.165) is 30.6 Å². The Morgan fingerprint density at radius 2 is 1.50 bits per heavy atom. The van der Waals surface area contributed by atoms with Crippen LogP contribution in [0.1, 0.15) is 48.3 Å². The Bertz CT molecular complexity index is 710. The second-order valence-corrected chi connectivity index (χ2v) is 6.03. The molecule has 0 saturated carbocycles. The summed E-state index contributed by atoms with van der Waals surface area (Å²) in [6.45, 7) is 7.55. The van der Waals surface area contributed by atoms with Crippen LogP contribution in [-0.2, 0) is 11.2 Å². The van der Waals surface area contributed by atoms with Crippen molar-refractivity contribution in [3.63, 3.8) is 0 Å². The van der Waals surface area contributed by atoms with Gasteiger partial charge in [0, 0.05) is 5.56 Å². The van der Waals surface area contributed by atoms with Crippen LogP contribution in [0, 0.1) is 0 Å². The highest BCUT2D eigenvalue weighted by Crippen LogP contribution is 2.20. The van der Waals surface area contributed by atoms with Gasteiger partial charge in [0.25, 0.3) is 11.8 Å². The van der Waals surface area contributed by atoms with Crippen molar-refractivity contribution >= 4 is 11.8 Å². The fourth-order valence-electron chi connectivity index (χ4n) is 2.90. The zero-order chi connectivity index (χ0) is 18.9. The van der Waals surface area contributed by atoms with Crippen LogP contribution < -0.4 is 10.9 Å². The number of hydrazine groups is 1. The van der Waals surface area contributed by atoms with Crippen LogP contribution in [0.25, 0.3) is 0 Å². The predicted molar refractivity (Wildman–Crippen MR) is 104 cm³/mol. The summed E-state index contributed by atoms with van der Waals surface area (Å²) in [4.78, 5) is 27.1. The molecule has 5 heteroatoms. The van der Waals surface area contributed by atoms with Crippen LogP contribution >= 0.6 is 0 Å². The molecule has 0 saturated heterocycles. The molecule has 0 aliphatic heterocycles. The normalized spacial score (nSPS) is 11.8. The number of benzene rings is 2. The van der Waals surface area contributed by atoms with E-state index < -0.39 is 6.04 Å². The van der Waals surface area contributed by atoms with E-state index in [1.54, 1.807) is 12.1 Å². The summed E-state index contributed by atoms with van der Waals surface area (Å²) in [5.74, 6) is -0.578. The lowest BCUT2D eigenvalue weighted by atomic mass is 10.0. The van der Waals surface area contributed by atoms with Crippen LogP contribution in [0.2, 0.25) is 0 Å². The first-order valence-electron chi connectivity index (χ1n) is 9.08. The van der Waals surface area contributed by atoms with Gasteiger partial charge in [0.05, 0.1) is 0 Å². The predicted octanol–water partition coefficient (Wildman–Crippen LogP) is 3.09.